The minimum Gasteiger partial charge on any atom is -0.489 e. The van der Waals surface area contributed by atoms with E-state index in [0.29, 0.717) is 40.0 Å². The molecule has 0 fully saturated rings. The smallest absolute Gasteiger partial charge is 0.265 e. The van der Waals surface area contributed by atoms with Crippen LogP contribution in [0, 0.1) is 0 Å². The first-order valence-corrected chi connectivity index (χ1v) is 9.49. The molecule has 1 aromatic heterocycles. The number of hydrogen-bond donors (Lipinski definition) is 1. The van der Waals surface area contributed by atoms with Crippen LogP contribution in [0.5, 0.6) is 17.2 Å². The maximum atomic E-state index is 12.4. The van der Waals surface area contributed by atoms with Gasteiger partial charge >= 0.3 is 0 Å². The summed E-state index contributed by atoms with van der Waals surface area (Å²) in [5, 5.41) is 4.72. The summed E-state index contributed by atoms with van der Waals surface area (Å²) in [6.07, 6.45) is 0. The Balaban J connectivity index is 1.35. The molecule has 0 radical (unpaired) electrons. The number of hydrogen-bond acceptors (Lipinski definition) is 6. The minimum atomic E-state index is -0.199. The topological polar surface area (TPSA) is 73.9 Å². The average Bonchev–Trinajstić information content (AvgIpc) is 3.35. The Kier molecular flexibility index (Phi) is 4.99. The highest BCUT2D eigenvalue weighted by Crippen LogP contribution is 2.35. The van der Waals surface area contributed by atoms with E-state index in [1.54, 1.807) is 36.4 Å². The third-order valence-corrected chi connectivity index (χ3v) is 5.15. The molecule has 1 aliphatic rings. The number of carbonyl (C=O) groups is 2. The molecule has 1 N–H and O–H groups in total. The van der Waals surface area contributed by atoms with Crippen LogP contribution in [0.3, 0.4) is 0 Å². The van der Waals surface area contributed by atoms with E-state index in [1.807, 2.05) is 17.5 Å². The van der Waals surface area contributed by atoms with Crippen LogP contribution >= 0.6 is 11.3 Å². The second-order valence-electron chi connectivity index (χ2n) is 6.21. The summed E-state index contributed by atoms with van der Waals surface area (Å²) in [5.74, 6) is 1.84. The van der Waals surface area contributed by atoms with E-state index in [1.165, 1.54) is 18.3 Å². The van der Waals surface area contributed by atoms with Gasteiger partial charge in [-0.1, -0.05) is 0 Å². The summed E-state index contributed by atoms with van der Waals surface area (Å²) in [7, 11) is 0. The van der Waals surface area contributed by atoms with Crippen molar-refractivity contribution in [2.24, 2.45) is 0 Å². The number of ketones is 1. The molecule has 4 rings (SSSR count). The molecule has 1 aliphatic heterocycles. The molecule has 28 heavy (non-hydrogen) atoms. The second kappa shape index (κ2) is 7.74. The van der Waals surface area contributed by atoms with Gasteiger partial charge in [0, 0.05) is 22.9 Å². The van der Waals surface area contributed by atoms with Crippen LogP contribution in [0.2, 0.25) is 0 Å². The van der Waals surface area contributed by atoms with E-state index in [2.05, 4.69) is 5.32 Å². The number of carbonyl (C=O) groups excluding carboxylic acids is 2. The molecule has 0 unspecified atom stereocenters. The predicted octanol–water partition coefficient (Wildman–Crippen LogP) is 4.51. The Bertz CT molecular complexity index is 1030. The van der Waals surface area contributed by atoms with Gasteiger partial charge in [0.25, 0.3) is 5.91 Å². The highest BCUT2D eigenvalue weighted by molar-refractivity contribution is 7.12. The zero-order chi connectivity index (χ0) is 19.5. The largest absolute Gasteiger partial charge is 0.489 e. The normalized spacial score (nSPS) is 11.9. The first-order valence-electron chi connectivity index (χ1n) is 8.61. The Labute approximate surface area is 165 Å². The fourth-order valence-corrected chi connectivity index (χ4v) is 3.48. The van der Waals surface area contributed by atoms with Crippen molar-refractivity contribution in [1.82, 2.24) is 0 Å². The van der Waals surface area contributed by atoms with Crippen molar-refractivity contribution < 1.29 is 23.8 Å². The minimum absolute atomic E-state index is 0.0109. The van der Waals surface area contributed by atoms with Crippen LogP contribution < -0.4 is 19.5 Å². The first-order chi connectivity index (χ1) is 13.6. The summed E-state index contributed by atoms with van der Waals surface area (Å²) >= 11 is 1.35. The number of thiophene rings is 1. The summed E-state index contributed by atoms with van der Waals surface area (Å²) < 4.78 is 16.4. The van der Waals surface area contributed by atoms with Crippen LogP contribution in [-0.4, -0.2) is 18.5 Å². The Morgan fingerprint density at radius 2 is 1.86 bits per heavy atom. The van der Waals surface area contributed by atoms with E-state index in [4.69, 9.17) is 14.2 Å². The summed E-state index contributed by atoms with van der Waals surface area (Å²) in [5.41, 5.74) is 2.15. The third kappa shape index (κ3) is 3.99. The molecule has 0 bridgehead atoms. The Morgan fingerprint density at radius 1 is 1.07 bits per heavy atom. The van der Waals surface area contributed by atoms with Crippen molar-refractivity contribution in [1.29, 1.82) is 0 Å². The van der Waals surface area contributed by atoms with E-state index in [9.17, 15) is 9.59 Å². The van der Waals surface area contributed by atoms with E-state index in [-0.39, 0.29) is 18.5 Å². The lowest BCUT2D eigenvalue weighted by Gasteiger charge is -2.06. The molecule has 6 nitrogen and oxygen atoms in total. The number of nitrogens with one attached hydrogen (secondary N) is 1. The predicted molar refractivity (Wildman–Crippen MR) is 106 cm³/mol. The lowest BCUT2D eigenvalue weighted by atomic mass is 10.1. The van der Waals surface area contributed by atoms with Crippen LogP contribution in [0.15, 0.2) is 53.9 Å². The van der Waals surface area contributed by atoms with E-state index in [0.717, 1.165) is 5.56 Å². The van der Waals surface area contributed by atoms with Crippen molar-refractivity contribution in [2.45, 2.75) is 13.5 Å². The summed E-state index contributed by atoms with van der Waals surface area (Å²) in [6, 6.07) is 14.0. The Morgan fingerprint density at radius 3 is 2.64 bits per heavy atom. The standard InChI is InChI=1S/C21H17NO5S/c1-13(23)15-2-4-16(5-3-15)22-21(24)20-8-14(11-28-20)10-25-17-6-7-18-19(9-17)27-12-26-18/h2-9,11H,10,12H2,1H3,(H,22,24). The van der Waals surface area contributed by atoms with Gasteiger partial charge < -0.3 is 19.5 Å². The van der Waals surface area contributed by atoms with Gasteiger partial charge in [0.15, 0.2) is 17.3 Å². The number of fused-ring (bicyclic) bond motifs is 1. The van der Waals surface area contributed by atoms with Crippen molar-refractivity contribution in [3.8, 4) is 17.2 Å². The van der Waals surface area contributed by atoms with Crippen molar-refractivity contribution >= 4 is 28.7 Å². The Hall–Kier alpha value is -3.32. The molecular formula is C21H17NO5S. The number of Topliss-reactive ketones (excluding diaryl/α,β-unsaturated/α-hetero) is 1. The lowest BCUT2D eigenvalue weighted by molar-refractivity contribution is 0.101. The number of benzene rings is 2. The molecule has 0 saturated carbocycles. The van der Waals surface area contributed by atoms with Crippen LogP contribution in [0.25, 0.3) is 0 Å². The maximum Gasteiger partial charge on any atom is 0.265 e. The summed E-state index contributed by atoms with van der Waals surface area (Å²) in [4.78, 5) is 24.3. The first kappa shape index (κ1) is 18.1. The highest BCUT2D eigenvalue weighted by Gasteiger charge is 2.14. The molecule has 3 aromatic rings. The molecular weight excluding hydrogens is 378 g/mol. The second-order valence-corrected chi connectivity index (χ2v) is 7.12. The van der Waals surface area contributed by atoms with E-state index < -0.39 is 0 Å². The van der Waals surface area contributed by atoms with Gasteiger partial charge in [-0.05, 0) is 54.8 Å². The maximum absolute atomic E-state index is 12.4. The SMILES string of the molecule is CC(=O)c1ccc(NC(=O)c2cc(COc3ccc4c(c3)OCO4)cs2)cc1. The average molecular weight is 395 g/mol. The third-order valence-electron chi connectivity index (χ3n) is 4.18. The fraction of sp³-hybridized carbons (Fsp3) is 0.143. The van der Waals surface area contributed by atoms with Gasteiger partial charge in [-0.25, -0.2) is 0 Å². The van der Waals surface area contributed by atoms with Gasteiger partial charge in [-0.2, -0.15) is 0 Å². The molecule has 0 atom stereocenters. The van der Waals surface area contributed by atoms with Crippen LogP contribution in [-0.2, 0) is 6.61 Å². The van der Waals surface area contributed by atoms with Gasteiger partial charge in [0.05, 0.1) is 4.88 Å². The molecule has 0 saturated heterocycles. The molecule has 7 heteroatoms. The zero-order valence-electron chi connectivity index (χ0n) is 15.1. The van der Waals surface area contributed by atoms with E-state index >= 15 is 0 Å². The lowest BCUT2D eigenvalue weighted by Crippen LogP contribution is -2.10. The quantitative estimate of drug-likeness (QED) is 0.622. The monoisotopic (exact) mass is 395 g/mol. The van der Waals surface area contributed by atoms with Crippen LogP contribution in [0.1, 0.15) is 32.5 Å². The number of rotatable bonds is 6. The fourth-order valence-electron chi connectivity index (χ4n) is 2.68. The van der Waals surface area contributed by atoms with Crippen molar-refractivity contribution in [3.63, 3.8) is 0 Å². The molecule has 0 aliphatic carbocycles. The molecule has 2 aromatic carbocycles. The number of ether oxygens (including phenoxy) is 3. The van der Waals surface area contributed by atoms with Gasteiger partial charge in [0.2, 0.25) is 6.79 Å². The van der Waals surface area contributed by atoms with Crippen molar-refractivity contribution in [2.75, 3.05) is 12.1 Å². The van der Waals surface area contributed by atoms with Gasteiger partial charge in [-0.15, -0.1) is 11.3 Å². The number of anilines is 1. The molecule has 142 valence electrons. The van der Waals surface area contributed by atoms with Crippen LogP contribution in [0.4, 0.5) is 5.69 Å². The molecule has 1 amide bonds. The summed E-state index contributed by atoms with van der Waals surface area (Å²) in [6.45, 7) is 2.07. The zero-order valence-corrected chi connectivity index (χ0v) is 15.9. The molecule has 0 spiro atoms. The number of amides is 1. The van der Waals surface area contributed by atoms with Gasteiger partial charge in [0.1, 0.15) is 12.4 Å². The van der Waals surface area contributed by atoms with Crippen molar-refractivity contribution in [3.05, 3.63) is 69.9 Å². The van der Waals surface area contributed by atoms with Gasteiger partial charge in [-0.3, -0.25) is 9.59 Å². The highest BCUT2D eigenvalue weighted by atomic mass is 32.1. The molecule has 2 heterocycles.